The van der Waals surface area contributed by atoms with E-state index >= 15 is 0 Å². The first-order valence-electron chi connectivity index (χ1n) is 8.99. The molecule has 26 heavy (non-hydrogen) atoms. The summed E-state index contributed by atoms with van der Waals surface area (Å²) in [6, 6.07) is 6.30. The van der Waals surface area contributed by atoms with E-state index in [9.17, 15) is 9.18 Å². The third-order valence-corrected chi connectivity index (χ3v) is 4.60. The van der Waals surface area contributed by atoms with Crippen molar-refractivity contribution >= 4 is 11.9 Å². The molecule has 1 unspecified atom stereocenters. The zero-order chi connectivity index (χ0) is 18.9. The number of esters is 1. The number of piperidine rings is 1. The SMILES string of the molecule is CCOC(=O)C1CCN(C(=NC)NCC(OC)c2ccc(F)cc2)CC1. The van der Waals surface area contributed by atoms with Gasteiger partial charge in [0.1, 0.15) is 5.82 Å². The van der Waals surface area contributed by atoms with Crippen molar-refractivity contribution in [2.45, 2.75) is 25.9 Å². The highest BCUT2D eigenvalue weighted by Crippen LogP contribution is 2.20. The fraction of sp³-hybridized carbons (Fsp3) is 0.579. The standard InChI is InChI=1S/C19H28FN3O3/c1-4-26-18(24)15-9-11-23(12-10-15)19(21-2)22-13-17(25-3)14-5-7-16(20)8-6-14/h5-8,15,17H,4,9-13H2,1-3H3,(H,21,22). The van der Waals surface area contributed by atoms with Crippen molar-refractivity contribution in [2.24, 2.45) is 10.9 Å². The number of nitrogens with zero attached hydrogens (tertiary/aromatic N) is 2. The second-order valence-corrected chi connectivity index (χ2v) is 6.22. The first kappa shape index (κ1) is 20.2. The molecule has 2 rings (SSSR count). The monoisotopic (exact) mass is 365 g/mol. The Labute approximate surface area is 154 Å². The second-order valence-electron chi connectivity index (χ2n) is 6.22. The molecule has 1 aliphatic rings. The van der Waals surface area contributed by atoms with Crippen molar-refractivity contribution in [1.29, 1.82) is 0 Å². The van der Waals surface area contributed by atoms with Crippen LogP contribution in [0.1, 0.15) is 31.4 Å². The van der Waals surface area contributed by atoms with Gasteiger partial charge < -0.3 is 19.7 Å². The van der Waals surface area contributed by atoms with Crippen LogP contribution in [-0.4, -0.2) is 57.2 Å². The van der Waals surface area contributed by atoms with Gasteiger partial charge in [0.05, 0.1) is 18.6 Å². The molecule has 0 bridgehead atoms. The molecule has 6 nitrogen and oxygen atoms in total. The van der Waals surface area contributed by atoms with Gasteiger partial charge in [-0.2, -0.15) is 0 Å². The van der Waals surface area contributed by atoms with Crippen LogP contribution in [0.25, 0.3) is 0 Å². The highest BCUT2D eigenvalue weighted by molar-refractivity contribution is 5.80. The summed E-state index contributed by atoms with van der Waals surface area (Å²) < 4.78 is 23.7. The Kier molecular flexibility index (Phi) is 7.84. The molecule has 1 aliphatic heterocycles. The number of rotatable bonds is 6. The van der Waals surface area contributed by atoms with Crippen LogP contribution in [0.2, 0.25) is 0 Å². The van der Waals surface area contributed by atoms with Gasteiger partial charge in [-0.3, -0.25) is 9.79 Å². The zero-order valence-corrected chi connectivity index (χ0v) is 15.7. The first-order chi connectivity index (χ1) is 12.6. The van der Waals surface area contributed by atoms with E-state index in [4.69, 9.17) is 9.47 Å². The van der Waals surface area contributed by atoms with E-state index in [0.717, 1.165) is 37.5 Å². The summed E-state index contributed by atoms with van der Waals surface area (Å²) in [4.78, 5) is 18.3. The summed E-state index contributed by atoms with van der Waals surface area (Å²) in [5, 5.41) is 3.31. The minimum Gasteiger partial charge on any atom is -0.466 e. The summed E-state index contributed by atoms with van der Waals surface area (Å²) in [7, 11) is 3.36. The minimum absolute atomic E-state index is 0.0322. The maximum Gasteiger partial charge on any atom is 0.309 e. The average Bonchev–Trinajstić information content (AvgIpc) is 2.67. The maximum absolute atomic E-state index is 13.1. The Morgan fingerprint density at radius 2 is 2.00 bits per heavy atom. The number of carbonyl (C=O) groups is 1. The molecule has 1 aromatic rings. The third-order valence-electron chi connectivity index (χ3n) is 4.60. The number of ether oxygens (including phenoxy) is 2. The van der Waals surface area contributed by atoms with Crippen molar-refractivity contribution < 1.29 is 18.7 Å². The van der Waals surface area contributed by atoms with E-state index in [1.165, 1.54) is 12.1 Å². The normalized spacial score (nSPS) is 17.1. The molecule has 1 N–H and O–H groups in total. The fourth-order valence-corrected chi connectivity index (χ4v) is 3.12. The van der Waals surface area contributed by atoms with E-state index in [1.807, 2.05) is 6.92 Å². The predicted molar refractivity (Wildman–Crippen MR) is 98.4 cm³/mol. The van der Waals surface area contributed by atoms with E-state index < -0.39 is 0 Å². The molecule has 0 aliphatic carbocycles. The molecule has 0 spiro atoms. The highest BCUT2D eigenvalue weighted by atomic mass is 19.1. The van der Waals surface area contributed by atoms with Crippen molar-refractivity contribution in [3.05, 3.63) is 35.6 Å². The molecule has 0 aromatic heterocycles. The van der Waals surface area contributed by atoms with Gasteiger partial charge in [-0.05, 0) is 37.5 Å². The van der Waals surface area contributed by atoms with Gasteiger partial charge in [0.15, 0.2) is 5.96 Å². The van der Waals surface area contributed by atoms with Crippen LogP contribution in [-0.2, 0) is 14.3 Å². The Bertz CT molecular complexity index is 599. The summed E-state index contributed by atoms with van der Waals surface area (Å²) >= 11 is 0. The van der Waals surface area contributed by atoms with Crippen LogP contribution in [0.3, 0.4) is 0 Å². The maximum atomic E-state index is 13.1. The third kappa shape index (κ3) is 5.42. The lowest BCUT2D eigenvalue weighted by molar-refractivity contribution is -0.149. The topological polar surface area (TPSA) is 63.2 Å². The van der Waals surface area contributed by atoms with Crippen LogP contribution in [0.4, 0.5) is 4.39 Å². The second kappa shape index (κ2) is 10.1. The Morgan fingerprint density at radius 3 is 2.54 bits per heavy atom. The molecule has 1 aromatic carbocycles. The van der Waals surface area contributed by atoms with E-state index in [1.54, 1.807) is 26.3 Å². The smallest absolute Gasteiger partial charge is 0.309 e. The van der Waals surface area contributed by atoms with Crippen LogP contribution in [0.5, 0.6) is 0 Å². The minimum atomic E-state index is -0.267. The molecule has 1 fully saturated rings. The van der Waals surface area contributed by atoms with Gasteiger partial charge in [0, 0.05) is 33.8 Å². The number of carbonyl (C=O) groups excluding carboxylic acids is 1. The Morgan fingerprint density at radius 1 is 1.35 bits per heavy atom. The molecule has 0 radical (unpaired) electrons. The zero-order valence-electron chi connectivity index (χ0n) is 15.7. The number of hydrogen-bond acceptors (Lipinski definition) is 4. The van der Waals surface area contributed by atoms with Crippen molar-refractivity contribution in [1.82, 2.24) is 10.2 Å². The molecule has 1 heterocycles. The molecule has 0 amide bonds. The number of nitrogens with one attached hydrogen (secondary N) is 1. The molecule has 1 atom stereocenters. The number of hydrogen-bond donors (Lipinski definition) is 1. The van der Waals surface area contributed by atoms with Crippen LogP contribution in [0.15, 0.2) is 29.3 Å². The van der Waals surface area contributed by atoms with Gasteiger partial charge in [0.2, 0.25) is 0 Å². The number of guanidine groups is 1. The van der Waals surface area contributed by atoms with Gasteiger partial charge in [-0.25, -0.2) is 4.39 Å². The summed E-state index contributed by atoms with van der Waals surface area (Å²) in [6.07, 6.45) is 1.31. The highest BCUT2D eigenvalue weighted by Gasteiger charge is 2.27. The van der Waals surface area contributed by atoms with Crippen molar-refractivity contribution in [2.75, 3.05) is 40.4 Å². The van der Waals surface area contributed by atoms with E-state index in [-0.39, 0.29) is 23.8 Å². The number of methoxy groups -OCH3 is 1. The molecule has 7 heteroatoms. The first-order valence-corrected chi connectivity index (χ1v) is 8.99. The van der Waals surface area contributed by atoms with E-state index in [2.05, 4.69) is 15.2 Å². The molecular weight excluding hydrogens is 337 g/mol. The van der Waals surface area contributed by atoms with Crippen LogP contribution in [0, 0.1) is 11.7 Å². The van der Waals surface area contributed by atoms with Gasteiger partial charge >= 0.3 is 5.97 Å². The fourth-order valence-electron chi connectivity index (χ4n) is 3.12. The summed E-state index contributed by atoms with van der Waals surface area (Å²) in [5.41, 5.74) is 0.901. The molecular formula is C19H28FN3O3. The lowest BCUT2D eigenvalue weighted by Crippen LogP contribution is -2.47. The average molecular weight is 365 g/mol. The van der Waals surface area contributed by atoms with Gasteiger partial charge in [-0.15, -0.1) is 0 Å². The number of halogens is 1. The van der Waals surface area contributed by atoms with Crippen molar-refractivity contribution in [3.63, 3.8) is 0 Å². The van der Waals surface area contributed by atoms with Crippen LogP contribution < -0.4 is 5.32 Å². The van der Waals surface area contributed by atoms with E-state index in [0.29, 0.717) is 13.2 Å². The Hall–Kier alpha value is -2.15. The number of aliphatic imine (C=N–C) groups is 1. The lowest BCUT2D eigenvalue weighted by atomic mass is 9.97. The number of likely N-dealkylation sites (tertiary alicyclic amines) is 1. The van der Waals surface area contributed by atoms with Crippen LogP contribution >= 0.6 is 0 Å². The van der Waals surface area contributed by atoms with Crippen molar-refractivity contribution in [3.8, 4) is 0 Å². The largest absolute Gasteiger partial charge is 0.466 e. The van der Waals surface area contributed by atoms with Gasteiger partial charge in [0.25, 0.3) is 0 Å². The van der Waals surface area contributed by atoms with Gasteiger partial charge in [-0.1, -0.05) is 12.1 Å². The summed E-state index contributed by atoms with van der Waals surface area (Å²) in [5.74, 6) is 0.370. The quantitative estimate of drug-likeness (QED) is 0.476. The predicted octanol–water partition coefficient (Wildman–Crippen LogP) is 2.36. The lowest BCUT2D eigenvalue weighted by Gasteiger charge is -2.33. The molecule has 1 saturated heterocycles. The number of benzene rings is 1. The molecule has 144 valence electrons. The summed E-state index contributed by atoms with van der Waals surface area (Å²) in [6.45, 7) is 4.26. The molecule has 0 saturated carbocycles. The Balaban J connectivity index is 1.87.